The zero-order chi connectivity index (χ0) is 54.2. The van der Waals surface area contributed by atoms with E-state index < -0.39 is 20.0 Å². The van der Waals surface area contributed by atoms with Gasteiger partial charge in [0, 0.05) is 6.42 Å². The number of phosphoric acid groups is 1. The average Bonchev–Trinajstić information content (AvgIpc) is 3.36. The van der Waals surface area contributed by atoms with E-state index in [1.54, 1.807) is 6.08 Å². The summed E-state index contributed by atoms with van der Waals surface area (Å²) < 4.78 is 23.4. The summed E-state index contributed by atoms with van der Waals surface area (Å²) in [7, 11) is 1.27. The van der Waals surface area contributed by atoms with Crippen molar-refractivity contribution in [2.24, 2.45) is 0 Å². The molecule has 0 aromatic rings. The van der Waals surface area contributed by atoms with Crippen molar-refractivity contribution in [3.05, 3.63) is 48.6 Å². The van der Waals surface area contributed by atoms with Gasteiger partial charge in [0.05, 0.1) is 39.9 Å². The van der Waals surface area contributed by atoms with Crippen molar-refractivity contribution >= 4 is 13.7 Å². The molecule has 0 aromatic carbocycles. The molecule has 2 N–H and O–H groups in total. The average molecular weight is 1060 g/mol. The number of carbonyl (C=O) groups is 1. The zero-order valence-electron chi connectivity index (χ0n) is 49.8. The lowest BCUT2D eigenvalue weighted by Crippen LogP contribution is -2.45. The number of aliphatic hydroxyl groups is 1. The normalized spacial score (nSPS) is 14.1. The second kappa shape index (κ2) is 56.2. The summed E-state index contributed by atoms with van der Waals surface area (Å²) >= 11 is 0. The highest BCUT2D eigenvalue weighted by Gasteiger charge is 2.23. The van der Waals surface area contributed by atoms with Gasteiger partial charge in [-0.25, -0.2) is 0 Å². The highest BCUT2D eigenvalue weighted by atomic mass is 31.2. The van der Waals surface area contributed by atoms with Gasteiger partial charge in [0.2, 0.25) is 5.91 Å². The van der Waals surface area contributed by atoms with Crippen LogP contribution in [0.25, 0.3) is 0 Å². The summed E-state index contributed by atoms with van der Waals surface area (Å²) in [6.45, 7) is 4.67. The fourth-order valence-corrected chi connectivity index (χ4v) is 10.2. The molecule has 3 atom stereocenters. The van der Waals surface area contributed by atoms with Crippen molar-refractivity contribution in [1.29, 1.82) is 0 Å². The van der Waals surface area contributed by atoms with Crippen LogP contribution in [0, 0.1) is 0 Å². The van der Waals surface area contributed by atoms with E-state index in [2.05, 4.69) is 55.6 Å². The van der Waals surface area contributed by atoms with Crippen molar-refractivity contribution in [3.63, 3.8) is 0 Å². The first-order valence-electron chi connectivity index (χ1n) is 32.0. The maximum absolute atomic E-state index is 13.0. The van der Waals surface area contributed by atoms with Crippen LogP contribution in [0.4, 0.5) is 0 Å². The van der Waals surface area contributed by atoms with E-state index >= 15 is 0 Å². The molecule has 0 aliphatic rings. The molecule has 0 aliphatic heterocycles. The number of hydrogen-bond acceptors (Lipinski definition) is 6. The first kappa shape index (κ1) is 72.5. The standard InChI is InChI=1S/C65H125N2O6P/c1-6-8-10-12-14-16-18-20-22-24-26-27-28-29-30-31-32-33-34-35-36-37-38-39-41-43-45-47-49-51-53-55-57-59-65(69)66-63(62-73-74(70,71)72-61-60-67(3,4)5)64(68)58-56-54-52-50-48-46-44-42-40-25-23-21-19-17-15-13-11-9-7-2/h18,20,24,26,28-29,56,58,63-64,68H,6-17,19,21-23,25,27,30-55,57,59-62H2,1-5H3,(H-,66,69,70,71)/b20-18-,26-24-,29-28-,58-56+. The molecule has 0 saturated heterocycles. The molecule has 0 aliphatic carbocycles. The van der Waals surface area contributed by atoms with Gasteiger partial charge in [0.15, 0.2) is 0 Å². The van der Waals surface area contributed by atoms with E-state index in [0.717, 1.165) is 51.4 Å². The highest BCUT2D eigenvalue weighted by molar-refractivity contribution is 7.45. The smallest absolute Gasteiger partial charge is 0.268 e. The minimum Gasteiger partial charge on any atom is -0.756 e. The SMILES string of the molecule is CCCCCCC/C=C\C/C=C\C/C=C\CCCCCCCCCCCCCCCCCCCCC(=O)NC(COP(=O)([O-])OCC[N+](C)(C)C)C(O)/C=C/CCCCCCCCCCCCCCCCCCC. The molecular formula is C65H125N2O6P. The van der Waals surface area contributed by atoms with Crippen molar-refractivity contribution in [2.45, 2.75) is 321 Å². The Morgan fingerprint density at radius 2 is 0.784 bits per heavy atom. The third kappa shape index (κ3) is 58.1. The number of likely N-dealkylation sites (N-methyl/N-ethyl adjacent to an activating group) is 1. The Morgan fingerprint density at radius 1 is 0.473 bits per heavy atom. The first-order valence-corrected chi connectivity index (χ1v) is 33.5. The fraction of sp³-hybridized carbons (Fsp3) is 0.862. The third-order valence-electron chi connectivity index (χ3n) is 14.5. The molecule has 3 unspecified atom stereocenters. The van der Waals surface area contributed by atoms with E-state index in [4.69, 9.17) is 9.05 Å². The Hall–Kier alpha value is -1.54. The summed E-state index contributed by atoms with van der Waals surface area (Å²) in [5.41, 5.74) is 0. The Balaban J connectivity index is 4.06. The lowest BCUT2D eigenvalue weighted by atomic mass is 10.0. The van der Waals surface area contributed by atoms with Crippen LogP contribution in [-0.2, 0) is 18.4 Å². The Labute approximate surface area is 460 Å². The molecule has 74 heavy (non-hydrogen) atoms. The van der Waals surface area contributed by atoms with Gasteiger partial charge in [-0.2, -0.15) is 0 Å². The number of aliphatic hydroxyl groups excluding tert-OH is 1. The molecule has 0 radical (unpaired) electrons. The van der Waals surface area contributed by atoms with E-state index in [-0.39, 0.29) is 19.1 Å². The molecule has 436 valence electrons. The quantitative estimate of drug-likeness (QED) is 0.0272. The summed E-state index contributed by atoms with van der Waals surface area (Å²) in [5.74, 6) is -0.193. The number of amides is 1. The number of phosphoric ester groups is 1. The lowest BCUT2D eigenvalue weighted by molar-refractivity contribution is -0.870. The highest BCUT2D eigenvalue weighted by Crippen LogP contribution is 2.38. The first-order chi connectivity index (χ1) is 36.0. The van der Waals surface area contributed by atoms with Crippen LogP contribution in [0.2, 0.25) is 0 Å². The number of quaternary nitrogens is 1. The molecule has 8 nitrogen and oxygen atoms in total. The lowest BCUT2D eigenvalue weighted by Gasteiger charge is -2.29. The van der Waals surface area contributed by atoms with Gasteiger partial charge < -0.3 is 28.8 Å². The van der Waals surface area contributed by atoms with Gasteiger partial charge in [-0.1, -0.05) is 294 Å². The molecule has 0 aromatic heterocycles. The maximum atomic E-state index is 13.0. The molecule has 0 saturated carbocycles. The second-order valence-corrected chi connectivity index (χ2v) is 24.5. The number of allylic oxidation sites excluding steroid dienone is 7. The monoisotopic (exact) mass is 1060 g/mol. The summed E-state index contributed by atoms with van der Waals surface area (Å²) in [6.07, 6.45) is 74.9. The minimum absolute atomic E-state index is 0.0000696. The van der Waals surface area contributed by atoms with Gasteiger partial charge >= 0.3 is 0 Å². The van der Waals surface area contributed by atoms with E-state index in [0.29, 0.717) is 17.4 Å². The summed E-state index contributed by atoms with van der Waals surface area (Å²) in [4.78, 5) is 25.6. The van der Waals surface area contributed by atoms with Gasteiger partial charge in [0.25, 0.3) is 7.82 Å². The molecule has 0 bridgehead atoms. The fourth-order valence-electron chi connectivity index (χ4n) is 9.52. The van der Waals surface area contributed by atoms with Crippen molar-refractivity contribution in [2.75, 3.05) is 40.9 Å². The number of rotatable bonds is 59. The molecular weight excluding hydrogens is 936 g/mol. The topological polar surface area (TPSA) is 108 Å². The minimum atomic E-state index is -4.60. The molecule has 0 rings (SSSR count). The largest absolute Gasteiger partial charge is 0.756 e. The number of nitrogens with zero attached hydrogens (tertiary/aromatic N) is 1. The Kier molecular flexibility index (Phi) is 55.0. The van der Waals surface area contributed by atoms with Crippen molar-refractivity contribution in [3.8, 4) is 0 Å². The molecule has 1 amide bonds. The Bertz CT molecular complexity index is 1340. The van der Waals surface area contributed by atoms with Gasteiger partial charge in [0.1, 0.15) is 13.2 Å². The summed E-state index contributed by atoms with van der Waals surface area (Å²) in [6, 6.07) is -0.887. The van der Waals surface area contributed by atoms with Crippen molar-refractivity contribution < 1.29 is 32.9 Å². The van der Waals surface area contributed by atoms with Crippen LogP contribution >= 0.6 is 7.82 Å². The van der Waals surface area contributed by atoms with E-state index in [9.17, 15) is 19.4 Å². The Morgan fingerprint density at radius 3 is 1.14 bits per heavy atom. The molecule has 0 spiro atoms. The van der Waals surface area contributed by atoms with Crippen LogP contribution in [-0.4, -0.2) is 68.5 Å². The third-order valence-corrected chi connectivity index (χ3v) is 15.5. The number of nitrogens with one attached hydrogen (secondary N) is 1. The van der Waals surface area contributed by atoms with Crippen LogP contribution < -0.4 is 10.2 Å². The van der Waals surface area contributed by atoms with Gasteiger partial charge in [-0.3, -0.25) is 9.36 Å². The number of unbranched alkanes of at least 4 members (excludes halogenated alkanes) is 40. The van der Waals surface area contributed by atoms with Crippen LogP contribution in [0.3, 0.4) is 0 Å². The van der Waals surface area contributed by atoms with Gasteiger partial charge in [-0.05, 0) is 57.8 Å². The van der Waals surface area contributed by atoms with E-state index in [1.165, 1.54) is 238 Å². The van der Waals surface area contributed by atoms with Crippen molar-refractivity contribution in [1.82, 2.24) is 5.32 Å². The molecule has 0 heterocycles. The molecule has 0 fully saturated rings. The molecule has 9 heteroatoms. The van der Waals surface area contributed by atoms with Crippen LogP contribution in [0.5, 0.6) is 0 Å². The van der Waals surface area contributed by atoms with E-state index in [1.807, 2.05) is 27.2 Å². The van der Waals surface area contributed by atoms with Crippen LogP contribution in [0.1, 0.15) is 309 Å². The second-order valence-electron chi connectivity index (χ2n) is 23.1. The zero-order valence-corrected chi connectivity index (χ0v) is 50.7. The summed E-state index contributed by atoms with van der Waals surface area (Å²) in [5, 5.41) is 13.9. The maximum Gasteiger partial charge on any atom is 0.268 e. The van der Waals surface area contributed by atoms with Gasteiger partial charge in [-0.15, -0.1) is 0 Å². The predicted molar refractivity (Wildman–Crippen MR) is 321 cm³/mol. The number of hydrogen-bond donors (Lipinski definition) is 2. The van der Waals surface area contributed by atoms with Crippen LogP contribution in [0.15, 0.2) is 48.6 Å². The predicted octanol–water partition coefficient (Wildman–Crippen LogP) is 19.2. The number of carbonyl (C=O) groups excluding carboxylic acids is 1.